The Morgan fingerprint density at radius 3 is 2.55 bits per heavy atom. The molecule has 2 bridgehead atoms. The molecule has 1 amide bonds. The zero-order valence-corrected chi connectivity index (χ0v) is 21.5. The summed E-state index contributed by atoms with van der Waals surface area (Å²) in [5.74, 6) is 0.544. The van der Waals surface area contributed by atoms with E-state index in [0.29, 0.717) is 38.5 Å². The first kappa shape index (κ1) is 27.1. The highest BCUT2D eigenvalue weighted by Gasteiger charge is 2.53. The number of carbonyl (C=O) groups is 1. The van der Waals surface area contributed by atoms with E-state index in [0.717, 1.165) is 17.7 Å². The van der Waals surface area contributed by atoms with Gasteiger partial charge in [0.15, 0.2) is 0 Å². The lowest BCUT2D eigenvalue weighted by Crippen LogP contribution is -2.73. The number of alkyl halides is 4. The van der Waals surface area contributed by atoms with Gasteiger partial charge in [0.2, 0.25) is 5.91 Å². The summed E-state index contributed by atoms with van der Waals surface area (Å²) in [5, 5.41) is 3.18. The van der Waals surface area contributed by atoms with Gasteiger partial charge < -0.3 is 14.8 Å². The number of carbonyl (C=O) groups excluding carboxylic acids is 1. The van der Waals surface area contributed by atoms with Crippen LogP contribution in [0.5, 0.6) is 0 Å². The van der Waals surface area contributed by atoms with Crippen LogP contribution in [0, 0.1) is 5.92 Å². The second-order valence-electron chi connectivity index (χ2n) is 11.1. The van der Waals surface area contributed by atoms with Crippen molar-refractivity contribution in [2.45, 2.75) is 62.6 Å². The summed E-state index contributed by atoms with van der Waals surface area (Å²) in [4.78, 5) is 15.0. The normalized spacial score (nSPS) is 28.1. The summed E-state index contributed by atoms with van der Waals surface area (Å²) in [6, 6.07) is 13.1. The number of nitrogens with one attached hydrogen (secondary N) is 1. The number of amides is 1. The molecular weight excluding hydrogens is 500 g/mol. The third-order valence-electron chi connectivity index (χ3n) is 8.13. The minimum atomic E-state index is -4.58. The second kappa shape index (κ2) is 10.6. The van der Waals surface area contributed by atoms with E-state index in [1.807, 2.05) is 30.3 Å². The third-order valence-corrected chi connectivity index (χ3v) is 8.13. The fourth-order valence-electron chi connectivity index (χ4n) is 5.75. The molecule has 2 aliphatic heterocycles. The van der Waals surface area contributed by atoms with Crippen LogP contribution in [0.2, 0.25) is 0 Å². The van der Waals surface area contributed by atoms with E-state index < -0.39 is 35.6 Å². The molecule has 2 saturated heterocycles. The SMILES string of the molecule is C[C@@H](OC[C@@]1(c2ccccc2)CC[C@]2(COCC3CC3)CN1CC(=O)N2)c1cc(CF)cc(C(F)(F)F)c1. The maximum Gasteiger partial charge on any atom is 0.416 e. The quantitative estimate of drug-likeness (QED) is 0.407. The van der Waals surface area contributed by atoms with Crippen molar-refractivity contribution in [1.82, 2.24) is 10.2 Å². The van der Waals surface area contributed by atoms with E-state index >= 15 is 0 Å². The number of piperidine rings is 1. The summed E-state index contributed by atoms with van der Waals surface area (Å²) >= 11 is 0. The summed E-state index contributed by atoms with van der Waals surface area (Å²) in [5.41, 5.74) is -0.793. The maximum absolute atomic E-state index is 13.4. The van der Waals surface area contributed by atoms with Crippen molar-refractivity contribution in [3.8, 4) is 0 Å². The van der Waals surface area contributed by atoms with Crippen LogP contribution in [0.1, 0.15) is 61.0 Å². The first-order valence-corrected chi connectivity index (χ1v) is 13.2. The molecule has 206 valence electrons. The standard InChI is InChI=1S/C29H34F4N2O3/c1-20(23-11-22(14-30)12-25(13-23)29(31,32)33)38-19-28(24-5-3-2-4-6-24)10-9-27(18-37-16-21-7-8-21)17-35(28)15-26(36)34-27/h2-6,11-13,20-21H,7-10,14-19H2,1H3,(H,34,36)/t20-,27-,28-/m1/s1. The number of rotatable bonds is 10. The number of benzene rings is 2. The van der Waals surface area contributed by atoms with Gasteiger partial charge in [-0.05, 0) is 67.3 Å². The van der Waals surface area contributed by atoms with Gasteiger partial charge in [0.1, 0.15) is 6.67 Å². The van der Waals surface area contributed by atoms with Crippen LogP contribution in [0.25, 0.3) is 0 Å². The van der Waals surface area contributed by atoms with Gasteiger partial charge in [-0.1, -0.05) is 36.4 Å². The molecule has 3 aliphatic rings. The zero-order chi connectivity index (χ0) is 27.0. The maximum atomic E-state index is 13.4. The number of ether oxygens (including phenoxy) is 2. The lowest BCUT2D eigenvalue weighted by Gasteiger charge is -2.57. The smallest absolute Gasteiger partial charge is 0.379 e. The fourth-order valence-corrected chi connectivity index (χ4v) is 5.75. The molecule has 38 heavy (non-hydrogen) atoms. The number of fused-ring (bicyclic) bond motifs is 2. The van der Waals surface area contributed by atoms with E-state index in [4.69, 9.17) is 9.47 Å². The first-order valence-electron chi connectivity index (χ1n) is 13.2. The van der Waals surface area contributed by atoms with Crippen molar-refractivity contribution >= 4 is 5.91 Å². The third kappa shape index (κ3) is 5.75. The van der Waals surface area contributed by atoms with Crippen LogP contribution < -0.4 is 5.32 Å². The molecule has 9 heteroatoms. The van der Waals surface area contributed by atoms with Gasteiger partial charge >= 0.3 is 6.18 Å². The van der Waals surface area contributed by atoms with Gasteiger partial charge in [-0.25, -0.2) is 4.39 Å². The predicted molar refractivity (Wildman–Crippen MR) is 134 cm³/mol. The average Bonchev–Trinajstić information content (AvgIpc) is 3.72. The highest BCUT2D eigenvalue weighted by Crippen LogP contribution is 2.44. The molecule has 0 spiro atoms. The molecule has 1 saturated carbocycles. The fraction of sp³-hybridized carbons (Fsp3) is 0.552. The zero-order valence-electron chi connectivity index (χ0n) is 21.5. The molecule has 4 atom stereocenters. The van der Waals surface area contributed by atoms with Crippen LogP contribution in [-0.2, 0) is 32.7 Å². The molecule has 2 aromatic rings. The van der Waals surface area contributed by atoms with Gasteiger partial charge in [-0.2, -0.15) is 13.2 Å². The lowest BCUT2D eigenvalue weighted by atomic mass is 9.73. The topological polar surface area (TPSA) is 50.8 Å². The second-order valence-corrected chi connectivity index (χ2v) is 11.1. The van der Waals surface area contributed by atoms with Crippen LogP contribution in [-0.4, -0.2) is 49.3 Å². The van der Waals surface area contributed by atoms with Crippen LogP contribution >= 0.6 is 0 Å². The highest BCUT2D eigenvalue weighted by molar-refractivity contribution is 5.80. The van der Waals surface area contributed by atoms with Crippen molar-refractivity contribution in [1.29, 1.82) is 0 Å². The predicted octanol–water partition coefficient (Wildman–Crippen LogP) is 5.54. The Morgan fingerprint density at radius 2 is 1.87 bits per heavy atom. The Balaban J connectivity index is 1.39. The molecule has 2 aromatic carbocycles. The monoisotopic (exact) mass is 534 g/mol. The van der Waals surface area contributed by atoms with Crippen molar-refractivity contribution in [2.75, 3.05) is 32.9 Å². The van der Waals surface area contributed by atoms with Crippen molar-refractivity contribution < 1.29 is 31.8 Å². The molecule has 5 nitrogen and oxygen atoms in total. The summed E-state index contributed by atoms with van der Waals surface area (Å²) in [6.07, 6.45) is -1.55. The van der Waals surface area contributed by atoms with E-state index in [-0.39, 0.29) is 30.2 Å². The van der Waals surface area contributed by atoms with Crippen LogP contribution in [0.3, 0.4) is 0 Å². The van der Waals surface area contributed by atoms with Gasteiger partial charge in [-0.15, -0.1) is 0 Å². The van der Waals surface area contributed by atoms with E-state index in [1.165, 1.54) is 18.9 Å². The Kier molecular flexibility index (Phi) is 7.55. The number of nitrogens with zero attached hydrogens (tertiary/aromatic N) is 1. The Bertz CT molecular complexity index is 1140. The number of piperazine rings is 1. The van der Waals surface area contributed by atoms with Gasteiger partial charge in [-0.3, -0.25) is 9.69 Å². The van der Waals surface area contributed by atoms with Crippen molar-refractivity contribution in [2.24, 2.45) is 5.92 Å². The average molecular weight is 535 g/mol. The molecule has 2 heterocycles. The molecule has 5 rings (SSSR count). The summed E-state index contributed by atoms with van der Waals surface area (Å²) < 4.78 is 66.0. The van der Waals surface area contributed by atoms with E-state index in [2.05, 4.69) is 10.2 Å². The molecular formula is C29H34F4N2O3. The summed E-state index contributed by atoms with van der Waals surface area (Å²) in [7, 11) is 0. The number of hydrogen-bond acceptors (Lipinski definition) is 4. The van der Waals surface area contributed by atoms with Gasteiger partial charge in [0.05, 0.1) is 42.5 Å². The largest absolute Gasteiger partial charge is 0.416 e. The van der Waals surface area contributed by atoms with Crippen LogP contribution in [0.15, 0.2) is 48.5 Å². The number of halogens is 4. The Morgan fingerprint density at radius 1 is 1.11 bits per heavy atom. The van der Waals surface area contributed by atoms with Crippen LogP contribution in [0.4, 0.5) is 17.6 Å². The lowest BCUT2D eigenvalue weighted by molar-refractivity contribution is -0.148. The van der Waals surface area contributed by atoms with Gasteiger partial charge in [0.25, 0.3) is 0 Å². The molecule has 0 radical (unpaired) electrons. The summed E-state index contributed by atoms with van der Waals surface area (Å²) in [6.45, 7) is 2.79. The molecule has 1 N–H and O–H groups in total. The van der Waals surface area contributed by atoms with E-state index in [9.17, 15) is 22.4 Å². The van der Waals surface area contributed by atoms with Gasteiger partial charge in [0, 0.05) is 13.2 Å². The molecule has 3 fully saturated rings. The minimum Gasteiger partial charge on any atom is -0.379 e. The van der Waals surface area contributed by atoms with Crippen molar-refractivity contribution in [3.05, 3.63) is 70.8 Å². The molecule has 1 aliphatic carbocycles. The first-order chi connectivity index (χ1) is 18.1. The highest BCUT2D eigenvalue weighted by atomic mass is 19.4. The molecule has 1 unspecified atom stereocenters. The number of hydrogen-bond donors (Lipinski definition) is 1. The minimum absolute atomic E-state index is 0.0376. The molecule has 0 aromatic heterocycles. The Hall–Kier alpha value is -2.49. The van der Waals surface area contributed by atoms with Crippen molar-refractivity contribution in [3.63, 3.8) is 0 Å². The Labute approximate surface area is 220 Å². The van der Waals surface area contributed by atoms with E-state index in [1.54, 1.807) is 6.92 Å².